The predicted molar refractivity (Wildman–Crippen MR) is 73.7 cm³/mol. The summed E-state index contributed by atoms with van der Waals surface area (Å²) >= 11 is 6.53. The minimum Gasteiger partial charge on any atom is -0.396 e. The van der Waals surface area contributed by atoms with Crippen LogP contribution < -0.4 is 11.1 Å². The number of halogens is 3. The largest absolute Gasteiger partial charge is 0.396 e. The highest BCUT2D eigenvalue weighted by Crippen LogP contribution is 2.27. The van der Waals surface area contributed by atoms with E-state index < -0.39 is 0 Å². The molecule has 3 N–H and O–H groups in total. The van der Waals surface area contributed by atoms with Crippen molar-refractivity contribution in [3.63, 3.8) is 0 Å². The minimum absolute atomic E-state index is 0.320. The van der Waals surface area contributed by atoms with Crippen LogP contribution in [-0.4, -0.2) is 4.98 Å². The molecule has 2 aromatic rings. The van der Waals surface area contributed by atoms with E-state index in [1.54, 1.807) is 24.4 Å². The molecule has 1 aromatic heterocycles. The van der Waals surface area contributed by atoms with E-state index in [1.165, 1.54) is 6.07 Å². The maximum Gasteiger partial charge on any atom is 0.153 e. The number of pyridine rings is 1. The highest BCUT2D eigenvalue weighted by atomic mass is 79.9. The molecule has 3 nitrogen and oxygen atoms in total. The van der Waals surface area contributed by atoms with E-state index in [1.807, 2.05) is 0 Å². The zero-order chi connectivity index (χ0) is 12.4. The Morgan fingerprint density at radius 3 is 2.65 bits per heavy atom. The van der Waals surface area contributed by atoms with Crippen LogP contribution >= 0.6 is 31.9 Å². The van der Waals surface area contributed by atoms with Crippen molar-refractivity contribution in [2.75, 3.05) is 11.1 Å². The Hall–Kier alpha value is -1.14. The summed E-state index contributed by atoms with van der Waals surface area (Å²) in [7, 11) is 0. The Morgan fingerprint density at radius 1 is 1.18 bits per heavy atom. The fourth-order valence-corrected chi connectivity index (χ4v) is 1.99. The van der Waals surface area contributed by atoms with Crippen LogP contribution in [-0.2, 0) is 0 Å². The summed E-state index contributed by atoms with van der Waals surface area (Å²) in [6, 6.07) is 6.31. The molecular weight excluding hydrogens is 353 g/mol. The second-order valence-corrected chi connectivity index (χ2v) is 5.17. The van der Waals surface area contributed by atoms with E-state index in [0.717, 1.165) is 8.95 Å². The second-order valence-electron chi connectivity index (χ2n) is 3.34. The molecule has 0 amide bonds. The maximum absolute atomic E-state index is 13.5. The smallest absolute Gasteiger partial charge is 0.153 e. The lowest BCUT2D eigenvalue weighted by Gasteiger charge is -2.09. The van der Waals surface area contributed by atoms with Gasteiger partial charge < -0.3 is 11.1 Å². The van der Waals surface area contributed by atoms with Crippen LogP contribution in [0.4, 0.5) is 21.6 Å². The third-order valence-electron chi connectivity index (χ3n) is 2.07. The van der Waals surface area contributed by atoms with Gasteiger partial charge in [-0.1, -0.05) is 15.9 Å². The minimum atomic E-state index is -0.364. The quantitative estimate of drug-likeness (QED) is 0.848. The molecule has 1 heterocycles. The molecule has 0 bridgehead atoms. The van der Waals surface area contributed by atoms with E-state index in [0.29, 0.717) is 17.2 Å². The molecule has 0 aliphatic rings. The van der Waals surface area contributed by atoms with Gasteiger partial charge in [-0.15, -0.1) is 0 Å². The number of aromatic nitrogens is 1. The van der Waals surface area contributed by atoms with Crippen molar-refractivity contribution < 1.29 is 4.39 Å². The highest BCUT2D eigenvalue weighted by molar-refractivity contribution is 9.10. The van der Waals surface area contributed by atoms with Crippen molar-refractivity contribution in [3.05, 3.63) is 45.2 Å². The number of nitrogens with zero attached hydrogens (tertiary/aromatic N) is 1. The Labute approximate surface area is 114 Å². The number of hydrogen-bond acceptors (Lipinski definition) is 3. The van der Waals surface area contributed by atoms with Crippen molar-refractivity contribution in [1.29, 1.82) is 0 Å². The Kier molecular flexibility index (Phi) is 3.63. The van der Waals surface area contributed by atoms with Gasteiger partial charge in [0.1, 0.15) is 5.82 Å². The number of hydrogen-bond donors (Lipinski definition) is 2. The number of nitrogens with two attached hydrogens (primary N) is 1. The van der Waals surface area contributed by atoms with Gasteiger partial charge in [0.15, 0.2) is 5.82 Å². The lowest BCUT2D eigenvalue weighted by atomic mass is 10.3. The van der Waals surface area contributed by atoms with Gasteiger partial charge in [0.05, 0.1) is 11.4 Å². The highest BCUT2D eigenvalue weighted by Gasteiger charge is 2.06. The fraction of sp³-hybridized carbons (Fsp3) is 0. The first-order valence-corrected chi connectivity index (χ1v) is 6.28. The predicted octanol–water partition coefficient (Wildman–Crippen LogP) is 4.07. The lowest BCUT2D eigenvalue weighted by Crippen LogP contribution is -2.00. The van der Waals surface area contributed by atoms with Gasteiger partial charge in [0, 0.05) is 15.1 Å². The molecule has 0 fully saturated rings. The van der Waals surface area contributed by atoms with Crippen LogP contribution in [0, 0.1) is 5.82 Å². The van der Waals surface area contributed by atoms with Crippen molar-refractivity contribution in [3.8, 4) is 0 Å². The monoisotopic (exact) mass is 359 g/mol. The molecule has 2 rings (SSSR count). The Balaban J connectivity index is 2.34. The molecule has 1 aromatic carbocycles. The molecule has 0 saturated carbocycles. The molecule has 0 spiro atoms. The lowest BCUT2D eigenvalue weighted by molar-refractivity contribution is 0.631. The van der Waals surface area contributed by atoms with Crippen LogP contribution in [0.1, 0.15) is 0 Å². The summed E-state index contributed by atoms with van der Waals surface area (Å²) in [6.07, 6.45) is 1.59. The van der Waals surface area contributed by atoms with Gasteiger partial charge in [-0.2, -0.15) is 0 Å². The van der Waals surface area contributed by atoms with Gasteiger partial charge in [0.2, 0.25) is 0 Å². The van der Waals surface area contributed by atoms with Crippen molar-refractivity contribution in [1.82, 2.24) is 4.98 Å². The molecule has 17 heavy (non-hydrogen) atoms. The molecular formula is C11H8Br2FN3. The molecule has 0 unspecified atom stereocenters. The van der Waals surface area contributed by atoms with Crippen molar-refractivity contribution >= 4 is 49.1 Å². The molecule has 0 radical (unpaired) electrons. The van der Waals surface area contributed by atoms with Gasteiger partial charge in [-0.05, 0) is 40.2 Å². The number of nitrogens with one attached hydrogen (secondary N) is 1. The summed E-state index contributed by atoms with van der Waals surface area (Å²) in [5.41, 5.74) is 6.53. The number of anilines is 3. The van der Waals surface area contributed by atoms with Crippen LogP contribution in [0.2, 0.25) is 0 Å². The third kappa shape index (κ3) is 2.95. The van der Waals surface area contributed by atoms with E-state index in [-0.39, 0.29) is 5.82 Å². The summed E-state index contributed by atoms with van der Waals surface area (Å²) in [4.78, 5) is 4.08. The molecule has 0 atom stereocenters. The normalized spacial score (nSPS) is 10.3. The van der Waals surface area contributed by atoms with Gasteiger partial charge in [0.25, 0.3) is 0 Å². The summed E-state index contributed by atoms with van der Waals surface area (Å²) in [5.74, 6) is 0.0579. The van der Waals surface area contributed by atoms with E-state index in [2.05, 4.69) is 42.2 Å². The van der Waals surface area contributed by atoms with Crippen LogP contribution in [0.25, 0.3) is 0 Å². The standard InChI is InChI=1S/C11H8Br2FN3/c12-6-1-2-8(14)10(4-6)17-11-9(15)3-7(13)5-16-11/h1-5H,15H2,(H,16,17). The van der Waals surface area contributed by atoms with E-state index in [9.17, 15) is 4.39 Å². The fourth-order valence-electron chi connectivity index (χ4n) is 1.28. The first-order valence-electron chi connectivity index (χ1n) is 4.69. The molecule has 88 valence electrons. The average Bonchev–Trinajstić information content (AvgIpc) is 2.27. The third-order valence-corrected chi connectivity index (χ3v) is 2.99. The van der Waals surface area contributed by atoms with E-state index in [4.69, 9.17) is 5.73 Å². The first-order chi connectivity index (χ1) is 8.06. The topological polar surface area (TPSA) is 50.9 Å². The molecule has 0 aliphatic carbocycles. The van der Waals surface area contributed by atoms with Crippen molar-refractivity contribution in [2.45, 2.75) is 0 Å². The molecule has 6 heteroatoms. The van der Waals surface area contributed by atoms with Crippen LogP contribution in [0.3, 0.4) is 0 Å². The van der Waals surface area contributed by atoms with Crippen LogP contribution in [0.5, 0.6) is 0 Å². The first kappa shape index (κ1) is 12.3. The maximum atomic E-state index is 13.5. The summed E-state index contributed by atoms with van der Waals surface area (Å²) in [5, 5.41) is 2.85. The van der Waals surface area contributed by atoms with Crippen molar-refractivity contribution in [2.24, 2.45) is 0 Å². The number of benzene rings is 1. The van der Waals surface area contributed by atoms with Gasteiger partial charge in [-0.25, -0.2) is 9.37 Å². The SMILES string of the molecule is Nc1cc(Br)cnc1Nc1cc(Br)ccc1F. The van der Waals surface area contributed by atoms with Crippen LogP contribution in [0.15, 0.2) is 39.4 Å². The summed E-state index contributed by atoms with van der Waals surface area (Å²) < 4.78 is 15.1. The molecule has 0 saturated heterocycles. The molecule has 0 aliphatic heterocycles. The number of rotatable bonds is 2. The Morgan fingerprint density at radius 2 is 1.94 bits per heavy atom. The summed E-state index contributed by atoms with van der Waals surface area (Å²) in [6.45, 7) is 0. The second kappa shape index (κ2) is 5.01. The Bertz CT molecular complexity index is 560. The van der Waals surface area contributed by atoms with E-state index >= 15 is 0 Å². The zero-order valence-corrected chi connectivity index (χ0v) is 11.7. The van der Waals surface area contributed by atoms with Gasteiger partial charge >= 0.3 is 0 Å². The zero-order valence-electron chi connectivity index (χ0n) is 8.55. The average molecular weight is 361 g/mol. The number of nitrogen functional groups attached to an aromatic ring is 1. The van der Waals surface area contributed by atoms with Gasteiger partial charge in [-0.3, -0.25) is 0 Å².